The molecule has 0 spiro atoms. The summed E-state index contributed by atoms with van der Waals surface area (Å²) in [7, 11) is 1.68. The molecule has 1 aromatic rings. The Morgan fingerprint density at radius 3 is 2.75 bits per heavy atom. The first-order valence-corrected chi connectivity index (χ1v) is 8.85. The third-order valence-electron chi connectivity index (χ3n) is 5.32. The molecule has 3 rings (SSSR count). The minimum absolute atomic E-state index is 0.150. The first-order valence-electron chi connectivity index (χ1n) is 8.85. The maximum atomic E-state index is 5.88. The van der Waals surface area contributed by atoms with E-state index in [9.17, 15) is 0 Å². The van der Waals surface area contributed by atoms with Crippen molar-refractivity contribution in [3.8, 4) is 5.75 Å². The van der Waals surface area contributed by atoms with E-state index in [0.717, 1.165) is 31.3 Å². The molecule has 5 nitrogen and oxygen atoms in total. The summed E-state index contributed by atoms with van der Waals surface area (Å²) in [4.78, 5) is 4.75. The molecular weight excluding hydrogens is 302 g/mol. The molecule has 2 N–H and O–H groups in total. The van der Waals surface area contributed by atoms with Crippen LogP contribution in [0.2, 0.25) is 0 Å². The van der Waals surface area contributed by atoms with Crippen LogP contribution in [0.1, 0.15) is 32.8 Å². The Hall–Kier alpha value is -1.75. The Morgan fingerprint density at radius 1 is 1.33 bits per heavy atom. The summed E-state index contributed by atoms with van der Waals surface area (Å²) >= 11 is 0. The van der Waals surface area contributed by atoms with Gasteiger partial charge in [-0.25, -0.2) is 4.99 Å². The van der Waals surface area contributed by atoms with E-state index in [4.69, 9.17) is 14.5 Å². The van der Waals surface area contributed by atoms with E-state index in [2.05, 4.69) is 43.5 Å². The third-order valence-corrected chi connectivity index (χ3v) is 5.32. The molecule has 1 saturated heterocycles. The van der Waals surface area contributed by atoms with E-state index in [1.54, 1.807) is 7.11 Å². The number of benzene rings is 1. The van der Waals surface area contributed by atoms with Gasteiger partial charge in [-0.3, -0.25) is 0 Å². The molecule has 24 heavy (non-hydrogen) atoms. The zero-order valence-corrected chi connectivity index (χ0v) is 15.1. The highest BCUT2D eigenvalue weighted by Crippen LogP contribution is 2.52. The number of methoxy groups -OCH3 is 1. The fraction of sp³-hybridized carbons (Fsp3) is 0.632. The van der Waals surface area contributed by atoms with E-state index < -0.39 is 0 Å². The van der Waals surface area contributed by atoms with Crippen LogP contribution in [0.3, 0.4) is 0 Å². The fourth-order valence-electron chi connectivity index (χ4n) is 3.99. The van der Waals surface area contributed by atoms with Crippen LogP contribution in [-0.2, 0) is 11.3 Å². The van der Waals surface area contributed by atoms with Gasteiger partial charge in [-0.2, -0.15) is 0 Å². The molecule has 0 bridgehead atoms. The Balaban J connectivity index is 1.65. The second-order valence-electron chi connectivity index (χ2n) is 7.23. The van der Waals surface area contributed by atoms with E-state index in [0.29, 0.717) is 24.6 Å². The van der Waals surface area contributed by atoms with Gasteiger partial charge in [-0.15, -0.1) is 0 Å². The monoisotopic (exact) mass is 331 g/mol. The van der Waals surface area contributed by atoms with Crippen LogP contribution < -0.4 is 15.4 Å². The second-order valence-corrected chi connectivity index (χ2v) is 7.23. The lowest BCUT2D eigenvalue weighted by Gasteiger charge is -2.54. The summed E-state index contributed by atoms with van der Waals surface area (Å²) in [6, 6.07) is 8.47. The standard InChI is InChI=1S/C19H29N3O2/c1-5-20-18(21-12-13-6-8-14(23-4)9-7-13)22-16-15-10-11-24-17(15)19(16,2)3/h6-9,15-17H,5,10-12H2,1-4H3,(H2,20,21,22). The second kappa shape index (κ2) is 7.01. The smallest absolute Gasteiger partial charge is 0.191 e. The molecule has 2 fully saturated rings. The lowest BCUT2D eigenvalue weighted by Crippen LogP contribution is -2.67. The molecule has 3 atom stereocenters. The normalized spacial score (nSPS) is 28.0. The number of nitrogens with one attached hydrogen (secondary N) is 2. The van der Waals surface area contributed by atoms with E-state index in [1.807, 2.05) is 12.1 Å². The molecule has 3 unspecified atom stereocenters. The average molecular weight is 331 g/mol. The number of aliphatic imine (C=N–C) groups is 1. The molecule has 0 aromatic heterocycles. The highest BCUT2D eigenvalue weighted by atomic mass is 16.5. The van der Waals surface area contributed by atoms with Gasteiger partial charge in [0.15, 0.2) is 5.96 Å². The molecule has 132 valence electrons. The molecular formula is C19H29N3O2. The highest BCUT2D eigenvalue weighted by Gasteiger charge is 2.59. The van der Waals surface area contributed by atoms with Gasteiger partial charge >= 0.3 is 0 Å². The molecule has 1 saturated carbocycles. The van der Waals surface area contributed by atoms with Crippen molar-refractivity contribution in [2.75, 3.05) is 20.3 Å². The summed E-state index contributed by atoms with van der Waals surface area (Å²) < 4.78 is 11.1. The predicted octanol–water partition coefficient (Wildman–Crippen LogP) is 2.56. The molecule has 1 heterocycles. The average Bonchev–Trinajstić information content (AvgIpc) is 3.05. The van der Waals surface area contributed by atoms with Crippen molar-refractivity contribution in [3.05, 3.63) is 29.8 Å². The van der Waals surface area contributed by atoms with Crippen LogP contribution >= 0.6 is 0 Å². The largest absolute Gasteiger partial charge is 0.497 e. The molecule has 2 aliphatic rings. The van der Waals surface area contributed by atoms with Crippen molar-refractivity contribution < 1.29 is 9.47 Å². The summed E-state index contributed by atoms with van der Waals surface area (Å²) in [5.74, 6) is 2.36. The number of hydrogen-bond donors (Lipinski definition) is 2. The minimum atomic E-state index is 0.150. The van der Waals surface area contributed by atoms with Crippen LogP contribution in [0, 0.1) is 11.3 Å². The maximum absolute atomic E-state index is 5.88. The minimum Gasteiger partial charge on any atom is -0.497 e. The number of hydrogen-bond acceptors (Lipinski definition) is 3. The van der Waals surface area contributed by atoms with Crippen LogP contribution in [-0.4, -0.2) is 38.4 Å². The van der Waals surface area contributed by atoms with Gasteiger partial charge in [0.2, 0.25) is 0 Å². The van der Waals surface area contributed by atoms with Crippen molar-refractivity contribution in [2.24, 2.45) is 16.3 Å². The Bertz CT molecular complexity index is 583. The van der Waals surface area contributed by atoms with Gasteiger partial charge in [-0.1, -0.05) is 26.0 Å². The first kappa shape index (κ1) is 17.1. The highest BCUT2D eigenvalue weighted by molar-refractivity contribution is 5.80. The Morgan fingerprint density at radius 2 is 2.08 bits per heavy atom. The summed E-state index contributed by atoms with van der Waals surface area (Å²) in [5, 5.41) is 7.01. The molecule has 5 heteroatoms. The van der Waals surface area contributed by atoms with E-state index >= 15 is 0 Å². The lowest BCUT2D eigenvalue weighted by molar-refractivity contribution is -0.106. The molecule has 0 amide bonds. The Kier molecular flexibility index (Phi) is 4.99. The van der Waals surface area contributed by atoms with Crippen molar-refractivity contribution in [1.82, 2.24) is 10.6 Å². The summed E-state index contributed by atoms with van der Waals surface area (Å²) in [5.41, 5.74) is 1.32. The van der Waals surface area contributed by atoms with Gasteiger partial charge in [0.25, 0.3) is 0 Å². The number of nitrogens with zero attached hydrogens (tertiary/aromatic N) is 1. The number of ether oxygens (including phenoxy) is 2. The predicted molar refractivity (Wildman–Crippen MR) is 96.4 cm³/mol. The van der Waals surface area contributed by atoms with Crippen molar-refractivity contribution in [3.63, 3.8) is 0 Å². The third kappa shape index (κ3) is 3.22. The van der Waals surface area contributed by atoms with Crippen LogP contribution in [0.25, 0.3) is 0 Å². The fourth-order valence-corrected chi connectivity index (χ4v) is 3.99. The quantitative estimate of drug-likeness (QED) is 0.643. The van der Waals surface area contributed by atoms with Crippen molar-refractivity contribution in [2.45, 2.75) is 45.9 Å². The molecule has 1 aliphatic carbocycles. The lowest BCUT2D eigenvalue weighted by atomic mass is 9.57. The van der Waals surface area contributed by atoms with Gasteiger partial charge in [0, 0.05) is 30.5 Å². The van der Waals surface area contributed by atoms with Crippen LogP contribution in [0.15, 0.2) is 29.3 Å². The molecule has 1 aromatic carbocycles. The van der Waals surface area contributed by atoms with E-state index in [-0.39, 0.29) is 5.41 Å². The van der Waals surface area contributed by atoms with Gasteiger partial charge < -0.3 is 20.1 Å². The van der Waals surface area contributed by atoms with Crippen LogP contribution in [0.4, 0.5) is 0 Å². The zero-order valence-electron chi connectivity index (χ0n) is 15.1. The number of rotatable bonds is 5. The topological polar surface area (TPSA) is 54.9 Å². The summed E-state index contributed by atoms with van der Waals surface area (Å²) in [6.07, 6.45) is 1.53. The first-order chi connectivity index (χ1) is 11.6. The van der Waals surface area contributed by atoms with Crippen molar-refractivity contribution >= 4 is 5.96 Å². The van der Waals surface area contributed by atoms with Crippen LogP contribution in [0.5, 0.6) is 5.75 Å². The van der Waals surface area contributed by atoms with Crippen molar-refractivity contribution in [1.29, 1.82) is 0 Å². The zero-order chi connectivity index (χ0) is 17.2. The Labute approximate surface area is 144 Å². The SMILES string of the molecule is CCNC(=NCc1ccc(OC)cc1)NC1C2CCOC2C1(C)C. The number of guanidine groups is 1. The summed E-state index contributed by atoms with van der Waals surface area (Å²) in [6.45, 7) is 9.05. The van der Waals surface area contributed by atoms with Gasteiger partial charge in [0.05, 0.1) is 19.8 Å². The maximum Gasteiger partial charge on any atom is 0.191 e. The number of fused-ring (bicyclic) bond motifs is 1. The van der Waals surface area contributed by atoms with Gasteiger partial charge in [0.1, 0.15) is 5.75 Å². The molecule has 0 radical (unpaired) electrons. The van der Waals surface area contributed by atoms with E-state index in [1.165, 1.54) is 5.56 Å². The van der Waals surface area contributed by atoms with Gasteiger partial charge in [-0.05, 0) is 31.0 Å². The molecule has 1 aliphatic heterocycles.